The van der Waals surface area contributed by atoms with Crippen molar-refractivity contribution >= 4 is 0 Å². The van der Waals surface area contributed by atoms with Gasteiger partial charge in [0.25, 0.3) is 0 Å². The number of hydrogen-bond acceptors (Lipinski definition) is 4. The molecule has 2 fully saturated rings. The van der Waals surface area contributed by atoms with Gasteiger partial charge >= 0.3 is 0 Å². The SMILES string of the molecule is CC1CNCC1c1nc(C2CCC2)no1. The van der Waals surface area contributed by atoms with E-state index < -0.39 is 0 Å². The second-order valence-electron chi connectivity index (χ2n) is 4.86. The molecular weight excluding hydrogens is 190 g/mol. The zero-order chi connectivity index (χ0) is 10.3. The smallest absolute Gasteiger partial charge is 0.231 e. The average molecular weight is 207 g/mol. The van der Waals surface area contributed by atoms with Crippen LogP contribution in [-0.2, 0) is 0 Å². The normalized spacial score (nSPS) is 31.8. The lowest BCUT2D eigenvalue weighted by Crippen LogP contribution is -2.11. The predicted octanol–water partition coefficient (Wildman–Crippen LogP) is 1.66. The Morgan fingerprint density at radius 3 is 2.80 bits per heavy atom. The Balaban J connectivity index is 1.77. The second kappa shape index (κ2) is 3.59. The van der Waals surface area contributed by atoms with Gasteiger partial charge in [-0.2, -0.15) is 4.98 Å². The molecule has 1 N–H and O–H groups in total. The summed E-state index contributed by atoms with van der Waals surface area (Å²) in [6, 6.07) is 0. The van der Waals surface area contributed by atoms with Crippen molar-refractivity contribution in [1.82, 2.24) is 15.5 Å². The van der Waals surface area contributed by atoms with Crippen molar-refractivity contribution in [2.75, 3.05) is 13.1 Å². The lowest BCUT2D eigenvalue weighted by Gasteiger charge is -2.21. The maximum Gasteiger partial charge on any atom is 0.231 e. The summed E-state index contributed by atoms with van der Waals surface area (Å²) in [4.78, 5) is 4.55. The lowest BCUT2D eigenvalue weighted by molar-refractivity contribution is 0.325. The molecule has 2 unspecified atom stereocenters. The van der Waals surface area contributed by atoms with Gasteiger partial charge in [0.1, 0.15) is 0 Å². The van der Waals surface area contributed by atoms with Crippen LogP contribution in [-0.4, -0.2) is 23.2 Å². The highest BCUT2D eigenvalue weighted by Crippen LogP contribution is 2.35. The molecule has 1 saturated carbocycles. The quantitative estimate of drug-likeness (QED) is 0.801. The van der Waals surface area contributed by atoms with Crippen LogP contribution >= 0.6 is 0 Å². The van der Waals surface area contributed by atoms with E-state index in [4.69, 9.17) is 4.52 Å². The maximum atomic E-state index is 5.37. The standard InChI is InChI=1S/C11H17N3O/c1-7-5-12-6-9(7)11-13-10(14-15-11)8-3-2-4-8/h7-9,12H,2-6H2,1H3. The van der Waals surface area contributed by atoms with Crippen LogP contribution in [0.15, 0.2) is 4.52 Å². The third kappa shape index (κ3) is 1.57. The maximum absolute atomic E-state index is 5.37. The molecule has 2 heterocycles. The van der Waals surface area contributed by atoms with Crippen molar-refractivity contribution < 1.29 is 4.52 Å². The van der Waals surface area contributed by atoms with Crippen LogP contribution in [0.25, 0.3) is 0 Å². The van der Waals surface area contributed by atoms with E-state index in [0.717, 1.165) is 24.8 Å². The molecule has 1 aromatic rings. The molecule has 0 aromatic carbocycles. The Labute approximate surface area is 89.4 Å². The summed E-state index contributed by atoms with van der Waals surface area (Å²) in [6.07, 6.45) is 3.78. The molecule has 0 radical (unpaired) electrons. The first kappa shape index (κ1) is 9.33. The van der Waals surface area contributed by atoms with E-state index in [-0.39, 0.29) is 0 Å². The number of aromatic nitrogens is 2. The minimum atomic E-state index is 0.423. The van der Waals surface area contributed by atoms with E-state index in [9.17, 15) is 0 Å². The van der Waals surface area contributed by atoms with Crippen LogP contribution in [0.3, 0.4) is 0 Å². The summed E-state index contributed by atoms with van der Waals surface area (Å²) in [5.74, 6) is 3.39. The topological polar surface area (TPSA) is 51.0 Å². The van der Waals surface area contributed by atoms with Crippen molar-refractivity contribution in [1.29, 1.82) is 0 Å². The van der Waals surface area contributed by atoms with Gasteiger partial charge in [-0.25, -0.2) is 0 Å². The first-order valence-corrected chi connectivity index (χ1v) is 5.89. The first-order chi connectivity index (χ1) is 7.34. The molecule has 3 rings (SSSR count). The van der Waals surface area contributed by atoms with Crippen molar-refractivity contribution in [3.05, 3.63) is 11.7 Å². The number of hydrogen-bond donors (Lipinski definition) is 1. The number of nitrogens with zero attached hydrogens (tertiary/aromatic N) is 2. The summed E-state index contributed by atoms with van der Waals surface area (Å²) < 4.78 is 5.37. The minimum absolute atomic E-state index is 0.423. The third-order valence-corrected chi connectivity index (χ3v) is 3.76. The van der Waals surface area contributed by atoms with Gasteiger partial charge in [0.05, 0.1) is 5.92 Å². The van der Waals surface area contributed by atoms with Gasteiger partial charge in [-0.3, -0.25) is 0 Å². The van der Waals surface area contributed by atoms with E-state index >= 15 is 0 Å². The van der Waals surface area contributed by atoms with Crippen LogP contribution in [0.2, 0.25) is 0 Å². The van der Waals surface area contributed by atoms with Gasteiger partial charge in [0, 0.05) is 12.5 Å². The molecule has 15 heavy (non-hydrogen) atoms. The summed E-state index contributed by atoms with van der Waals surface area (Å²) in [5.41, 5.74) is 0. The molecule has 82 valence electrons. The van der Waals surface area contributed by atoms with Crippen LogP contribution < -0.4 is 5.32 Å². The molecule has 0 spiro atoms. The van der Waals surface area contributed by atoms with Gasteiger partial charge in [-0.1, -0.05) is 18.5 Å². The fourth-order valence-corrected chi connectivity index (χ4v) is 2.37. The Hall–Kier alpha value is -0.900. The molecule has 2 atom stereocenters. The van der Waals surface area contributed by atoms with E-state index in [1.165, 1.54) is 19.3 Å². The highest BCUT2D eigenvalue weighted by Gasteiger charge is 2.31. The highest BCUT2D eigenvalue weighted by molar-refractivity contribution is 5.05. The largest absolute Gasteiger partial charge is 0.339 e. The van der Waals surface area contributed by atoms with Gasteiger partial charge in [0.15, 0.2) is 5.82 Å². The predicted molar refractivity (Wildman–Crippen MR) is 55.7 cm³/mol. The monoisotopic (exact) mass is 207 g/mol. The third-order valence-electron chi connectivity index (χ3n) is 3.76. The van der Waals surface area contributed by atoms with Crippen molar-refractivity contribution in [3.63, 3.8) is 0 Å². The van der Waals surface area contributed by atoms with Gasteiger partial charge < -0.3 is 9.84 Å². The van der Waals surface area contributed by atoms with Gasteiger partial charge in [-0.15, -0.1) is 0 Å². The van der Waals surface area contributed by atoms with Crippen LogP contribution in [0, 0.1) is 5.92 Å². The molecule has 1 aliphatic carbocycles. The Bertz CT molecular complexity index is 345. The molecule has 0 amide bonds. The fraction of sp³-hybridized carbons (Fsp3) is 0.818. The highest BCUT2D eigenvalue weighted by atomic mass is 16.5. The zero-order valence-corrected chi connectivity index (χ0v) is 9.07. The van der Waals surface area contributed by atoms with E-state index in [0.29, 0.717) is 17.8 Å². The van der Waals surface area contributed by atoms with Gasteiger partial charge in [-0.05, 0) is 25.3 Å². The molecule has 0 bridgehead atoms. The minimum Gasteiger partial charge on any atom is -0.339 e. The molecular formula is C11H17N3O. The zero-order valence-electron chi connectivity index (χ0n) is 9.07. The van der Waals surface area contributed by atoms with Crippen molar-refractivity contribution in [2.45, 2.75) is 38.0 Å². The Morgan fingerprint density at radius 1 is 1.33 bits per heavy atom. The first-order valence-electron chi connectivity index (χ1n) is 5.89. The van der Waals surface area contributed by atoms with Crippen molar-refractivity contribution in [2.24, 2.45) is 5.92 Å². The summed E-state index contributed by atoms with van der Waals surface area (Å²) in [5, 5.41) is 7.46. The number of rotatable bonds is 2. The van der Waals surface area contributed by atoms with Crippen LogP contribution in [0.4, 0.5) is 0 Å². The molecule has 4 nitrogen and oxygen atoms in total. The molecule has 1 aliphatic heterocycles. The van der Waals surface area contributed by atoms with Crippen LogP contribution in [0.5, 0.6) is 0 Å². The number of nitrogens with one attached hydrogen (secondary N) is 1. The Kier molecular flexibility index (Phi) is 2.24. The molecule has 4 heteroatoms. The average Bonchev–Trinajstić information content (AvgIpc) is 2.70. The lowest BCUT2D eigenvalue weighted by atomic mass is 9.85. The van der Waals surface area contributed by atoms with E-state index in [2.05, 4.69) is 22.4 Å². The van der Waals surface area contributed by atoms with Gasteiger partial charge in [0.2, 0.25) is 5.89 Å². The summed E-state index contributed by atoms with van der Waals surface area (Å²) in [7, 11) is 0. The molecule has 1 aromatic heterocycles. The molecule has 1 saturated heterocycles. The van der Waals surface area contributed by atoms with Crippen molar-refractivity contribution in [3.8, 4) is 0 Å². The van der Waals surface area contributed by atoms with Crippen LogP contribution in [0.1, 0.15) is 49.7 Å². The summed E-state index contributed by atoms with van der Waals surface area (Å²) >= 11 is 0. The molecule has 2 aliphatic rings. The second-order valence-corrected chi connectivity index (χ2v) is 4.86. The Morgan fingerprint density at radius 2 is 2.20 bits per heavy atom. The van der Waals surface area contributed by atoms with E-state index in [1.54, 1.807) is 0 Å². The summed E-state index contributed by atoms with van der Waals surface area (Å²) in [6.45, 7) is 4.27. The fourth-order valence-electron chi connectivity index (χ4n) is 2.37. The van der Waals surface area contributed by atoms with E-state index in [1.807, 2.05) is 0 Å².